The van der Waals surface area contributed by atoms with Gasteiger partial charge in [-0.15, -0.1) is 0 Å². The number of anilines is 1. The molecule has 0 spiro atoms. The summed E-state index contributed by atoms with van der Waals surface area (Å²) in [7, 11) is 0. The molecular weight excluding hydrogens is 242 g/mol. The van der Waals surface area contributed by atoms with E-state index in [1.54, 1.807) is 11.3 Å². The average molecular weight is 259 g/mol. The van der Waals surface area contributed by atoms with Crippen molar-refractivity contribution in [1.29, 1.82) is 0 Å². The Hall–Kier alpha value is -1.32. The summed E-state index contributed by atoms with van der Waals surface area (Å²) in [5, 5.41) is 17.3. The molecule has 94 valence electrons. The van der Waals surface area contributed by atoms with Gasteiger partial charge in [-0.2, -0.15) is 11.3 Å². The smallest absolute Gasteiger partial charge is 0.0970 e. The largest absolute Gasteiger partial charge is 0.387 e. The number of hydrogen-bond donors (Lipinski definition) is 2. The van der Waals surface area contributed by atoms with Gasteiger partial charge in [0.05, 0.1) is 6.10 Å². The molecule has 2 nitrogen and oxygen atoms in total. The van der Waals surface area contributed by atoms with Gasteiger partial charge in [0.1, 0.15) is 0 Å². The van der Waals surface area contributed by atoms with Gasteiger partial charge in [0.25, 0.3) is 0 Å². The molecule has 1 atom stereocenters. The van der Waals surface area contributed by atoms with Crippen LogP contribution in [-0.2, 0) is 0 Å². The molecule has 3 rings (SSSR count). The first-order valence-corrected chi connectivity index (χ1v) is 7.31. The molecular formula is C15H17NOS. The van der Waals surface area contributed by atoms with E-state index < -0.39 is 6.10 Å². The third-order valence-electron chi connectivity index (χ3n) is 3.36. The fraction of sp³-hybridized carbons (Fsp3) is 0.333. The molecule has 0 saturated heterocycles. The van der Waals surface area contributed by atoms with Crippen molar-refractivity contribution in [2.75, 3.05) is 11.9 Å². The number of aliphatic hydroxyl groups excluding tert-OH is 1. The Morgan fingerprint density at radius 3 is 2.94 bits per heavy atom. The van der Waals surface area contributed by atoms with Crippen molar-refractivity contribution in [3.05, 3.63) is 52.2 Å². The van der Waals surface area contributed by atoms with Crippen LogP contribution in [-0.4, -0.2) is 11.7 Å². The number of nitrogens with one attached hydrogen (secondary N) is 1. The predicted octanol–water partition coefficient (Wildman–Crippen LogP) is 3.77. The molecule has 1 aromatic heterocycles. The van der Waals surface area contributed by atoms with Crippen molar-refractivity contribution in [2.45, 2.75) is 24.9 Å². The Morgan fingerprint density at radius 1 is 1.33 bits per heavy atom. The molecule has 2 N–H and O–H groups in total. The van der Waals surface area contributed by atoms with Gasteiger partial charge < -0.3 is 10.4 Å². The summed E-state index contributed by atoms with van der Waals surface area (Å²) in [5.74, 6) is 0.772. The summed E-state index contributed by atoms with van der Waals surface area (Å²) in [5.41, 5.74) is 3.52. The van der Waals surface area contributed by atoms with Crippen molar-refractivity contribution in [2.24, 2.45) is 0 Å². The molecule has 18 heavy (non-hydrogen) atoms. The zero-order chi connectivity index (χ0) is 12.4. The van der Waals surface area contributed by atoms with Crippen molar-refractivity contribution in [3.8, 4) is 0 Å². The summed E-state index contributed by atoms with van der Waals surface area (Å²) < 4.78 is 0. The summed E-state index contributed by atoms with van der Waals surface area (Å²) >= 11 is 1.62. The fourth-order valence-electron chi connectivity index (χ4n) is 2.12. The molecule has 1 fully saturated rings. The van der Waals surface area contributed by atoms with Crippen LogP contribution in [0.1, 0.15) is 36.0 Å². The van der Waals surface area contributed by atoms with Crippen LogP contribution >= 0.6 is 11.3 Å². The monoisotopic (exact) mass is 259 g/mol. The highest BCUT2D eigenvalue weighted by molar-refractivity contribution is 7.07. The van der Waals surface area contributed by atoms with Crippen molar-refractivity contribution in [1.82, 2.24) is 0 Å². The molecule has 3 heteroatoms. The lowest BCUT2D eigenvalue weighted by Crippen LogP contribution is -2.11. The normalized spacial score (nSPS) is 16.5. The molecule has 0 bridgehead atoms. The Bertz CT molecular complexity index is 505. The summed E-state index contributed by atoms with van der Waals surface area (Å²) in [6, 6.07) is 10.5. The van der Waals surface area contributed by atoms with Gasteiger partial charge in [-0.3, -0.25) is 0 Å². The zero-order valence-electron chi connectivity index (χ0n) is 10.2. The Kier molecular flexibility index (Phi) is 3.35. The van der Waals surface area contributed by atoms with Crippen molar-refractivity contribution < 1.29 is 5.11 Å². The number of aliphatic hydroxyl groups is 1. The highest BCUT2D eigenvalue weighted by Crippen LogP contribution is 2.40. The van der Waals surface area contributed by atoms with E-state index in [9.17, 15) is 5.11 Å². The summed E-state index contributed by atoms with van der Waals surface area (Å²) in [6.45, 7) is 0.560. The third-order valence-corrected chi connectivity index (χ3v) is 4.06. The molecule has 1 heterocycles. The Labute approximate surface area is 111 Å². The van der Waals surface area contributed by atoms with Gasteiger partial charge >= 0.3 is 0 Å². The maximum absolute atomic E-state index is 10.0. The molecule has 1 aromatic carbocycles. The number of hydrogen-bond acceptors (Lipinski definition) is 3. The lowest BCUT2D eigenvalue weighted by atomic mass is 10.1. The van der Waals surface area contributed by atoms with Crippen LogP contribution in [0.4, 0.5) is 5.69 Å². The van der Waals surface area contributed by atoms with E-state index in [-0.39, 0.29) is 0 Å². The molecule has 1 aliphatic rings. The zero-order valence-corrected chi connectivity index (χ0v) is 11.0. The lowest BCUT2D eigenvalue weighted by Gasteiger charge is -2.12. The van der Waals surface area contributed by atoms with Gasteiger partial charge in [0.2, 0.25) is 0 Å². The Morgan fingerprint density at radius 2 is 2.22 bits per heavy atom. The van der Waals surface area contributed by atoms with E-state index in [0.29, 0.717) is 6.54 Å². The maximum atomic E-state index is 10.0. The van der Waals surface area contributed by atoms with Crippen LogP contribution in [0, 0.1) is 0 Å². The van der Waals surface area contributed by atoms with E-state index >= 15 is 0 Å². The first-order chi connectivity index (χ1) is 8.83. The van der Waals surface area contributed by atoms with Gasteiger partial charge in [-0.05, 0) is 58.8 Å². The molecule has 2 aromatic rings. The van der Waals surface area contributed by atoms with Crippen LogP contribution in [0.2, 0.25) is 0 Å². The van der Waals surface area contributed by atoms with Crippen molar-refractivity contribution >= 4 is 17.0 Å². The second-order valence-corrected chi connectivity index (χ2v) is 5.63. The van der Waals surface area contributed by atoms with Crippen LogP contribution in [0.3, 0.4) is 0 Å². The second kappa shape index (κ2) is 5.12. The third kappa shape index (κ3) is 2.74. The predicted molar refractivity (Wildman–Crippen MR) is 76.2 cm³/mol. The first-order valence-electron chi connectivity index (χ1n) is 6.37. The molecule has 0 radical (unpaired) electrons. The minimum atomic E-state index is -0.430. The van der Waals surface area contributed by atoms with Gasteiger partial charge in [-0.25, -0.2) is 0 Å². The van der Waals surface area contributed by atoms with Gasteiger partial charge in [0.15, 0.2) is 0 Å². The molecule has 0 amide bonds. The minimum Gasteiger partial charge on any atom is -0.387 e. The summed E-state index contributed by atoms with van der Waals surface area (Å²) in [4.78, 5) is 0. The molecule has 1 aliphatic carbocycles. The van der Waals surface area contributed by atoms with Gasteiger partial charge in [0, 0.05) is 12.2 Å². The minimum absolute atomic E-state index is 0.430. The quantitative estimate of drug-likeness (QED) is 0.856. The van der Waals surface area contributed by atoms with E-state index in [1.165, 1.54) is 18.4 Å². The van der Waals surface area contributed by atoms with Crippen LogP contribution in [0.25, 0.3) is 0 Å². The molecule has 1 unspecified atom stereocenters. The average Bonchev–Trinajstić information content (AvgIpc) is 3.11. The standard InChI is InChI=1S/C15H17NOS/c17-15(13-6-7-18-10-13)9-16-14-3-1-2-12(8-14)11-4-5-11/h1-3,6-8,10-11,15-17H,4-5,9H2. The highest BCUT2D eigenvalue weighted by atomic mass is 32.1. The van der Waals surface area contributed by atoms with Gasteiger partial charge in [-0.1, -0.05) is 12.1 Å². The second-order valence-electron chi connectivity index (χ2n) is 4.85. The number of thiophene rings is 1. The fourth-order valence-corrected chi connectivity index (χ4v) is 2.82. The maximum Gasteiger partial charge on any atom is 0.0970 e. The van der Waals surface area contributed by atoms with Crippen LogP contribution in [0.5, 0.6) is 0 Å². The van der Waals surface area contributed by atoms with E-state index in [2.05, 4.69) is 29.6 Å². The number of rotatable bonds is 5. The topological polar surface area (TPSA) is 32.3 Å². The SMILES string of the molecule is OC(CNc1cccc(C2CC2)c1)c1ccsc1. The van der Waals surface area contributed by atoms with Crippen LogP contribution < -0.4 is 5.32 Å². The summed E-state index contributed by atoms with van der Waals surface area (Å²) in [6.07, 6.45) is 2.21. The molecule has 1 saturated carbocycles. The number of benzene rings is 1. The van der Waals surface area contributed by atoms with Crippen molar-refractivity contribution in [3.63, 3.8) is 0 Å². The van der Waals surface area contributed by atoms with E-state index in [1.807, 2.05) is 16.8 Å². The first kappa shape index (κ1) is 11.8. The molecule has 0 aliphatic heterocycles. The van der Waals surface area contributed by atoms with E-state index in [0.717, 1.165) is 17.2 Å². The van der Waals surface area contributed by atoms with E-state index in [4.69, 9.17) is 0 Å². The Balaban J connectivity index is 1.60. The highest BCUT2D eigenvalue weighted by Gasteiger charge is 2.23. The van der Waals surface area contributed by atoms with Crippen LogP contribution in [0.15, 0.2) is 41.1 Å². The lowest BCUT2D eigenvalue weighted by molar-refractivity contribution is 0.192.